The predicted molar refractivity (Wildman–Crippen MR) is 85.5 cm³/mol. The summed E-state index contributed by atoms with van der Waals surface area (Å²) in [6.07, 6.45) is 1.39. The van der Waals surface area contributed by atoms with Crippen molar-refractivity contribution in [3.05, 3.63) is 29.3 Å². The standard InChI is InChI=1S/C18H29NO/c1-12-10-13(17(2,3)4)8-9-14(12)20-16-11-15(19-7)18(16,5)6/h8-10,15-16,19H,11H2,1-7H3. The van der Waals surface area contributed by atoms with E-state index in [2.05, 4.69) is 65.1 Å². The lowest BCUT2D eigenvalue weighted by molar-refractivity contribution is -0.0524. The molecule has 1 aliphatic rings. The minimum Gasteiger partial charge on any atom is -0.489 e. The van der Waals surface area contributed by atoms with E-state index in [0.717, 1.165) is 12.2 Å². The fourth-order valence-corrected chi connectivity index (χ4v) is 2.98. The molecule has 2 heteroatoms. The monoisotopic (exact) mass is 275 g/mol. The van der Waals surface area contributed by atoms with Gasteiger partial charge in [-0.1, -0.05) is 46.8 Å². The minimum atomic E-state index is 0.191. The molecule has 0 heterocycles. The van der Waals surface area contributed by atoms with E-state index in [9.17, 15) is 0 Å². The molecule has 20 heavy (non-hydrogen) atoms. The molecule has 1 fully saturated rings. The van der Waals surface area contributed by atoms with Crippen LogP contribution in [-0.4, -0.2) is 19.2 Å². The molecule has 0 radical (unpaired) electrons. The lowest BCUT2D eigenvalue weighted by Crippen LogP contribution is -2.61. The van der Waals surface area contributed by atoms with E-state index in [4.69, 9.17) is 4.74 Å². The molecule has 2 nitrogen and oxygen atoms in total. The van der Waals surface area contributed by atoms with Gasteiger partial charge in [0.25, 0.3) is 0 Å². The highest BCUT2D eigenvalue weighted by Gasteiger charge is 2.49. The molecule has 1 aromatic carbocycles. The Kier molecular flexibility index (Phi) is 3.90. The Morgan fingerprint density at radius 3 is 2.35 bits per heavy atom. The van der Waals surface area contributed by atoms with Gasteiger partial charge in [-0.25, -0.2) is 0 Å². The summed E-state index contributed by atoms with van der Waals surface area (Å²) in [5, 5.41) is 3.37. The maximum atomic E-state index is 6.26. The van der Waals surface area contributed by atoms with Crippen molar-refractivity contribution < 1.29 is 4.74 Å². The Hall–Kier alpha value is -1.02. The number of aryl methyl sites for hydroxylation is 1. The topological polar surface area (TPSA) is 21.3 Å². The van der Waals surface area contributed by atoms with E-state index in [0.29, 0.717) is 12.1 Å². The first-order valence-corrected chi connectivity index (χ1v) is 7.61. The molecule has 0 spiro atoms. The third kappa shape index (κ3) is 2.71. The van der Waals surface area contributed by atoms with Crippen molar-refractivity contribution in [3.8, 4) is 5.75 Å². The van der Waals surface area contributed by atoms with Gasteiger partial charge in [0.1, 0.15) is 11.9 Å². The molecule has 0 saturated heterocycles. The van der Waals surface area contributed by atoms with Gasteiger partial charge >= 0.3 is 0 Å². The second-order valence-corrected chi connectivity index (χ2v) is 7.74. The lowest BCUT2D eigenvalue weighted by Gasteiger charge is -2.51. The Morgan fingerprint density at radius 2 is 1.90 bits per heavy atom. The summed E-state index contributed by atoms with van der Waals surface area (Å²) in [6, 6.07) is 7.15. The highest BCUT2D eigenvalue weighted by atomic mass is 16.5. The normalized spacial score (nSPS) is 25.1. The van der Waals surface area contributed by atoms with E-state index >= 15 is 0 Å². The third-order valence-electron chi connectivity index (χ3n) is 4.84. The second kappa shape index (κ2) is 5.07. The number of ether oxygens (including phenoxy) is 1. The summed E-state index contributed by atoms with van der Waals surface area (Å²) in [5.74, 6) is 1.03. The molecular weight excluding hydrogens is 246 g/mol. The van der Waals surface area contributed by atoms with Crippen molar-refractivity contribution in [3.63, 3.8) is 0 Å². The average molecular weight is 275 g/mol. The Morgan fingerprint density at radius 1 is 1.25 bits per heavy atom. The molecule has 2 unspecified atom stereocenters. The molecule has 1 aliphatic carbocycles. The van der Waals surface area contributed by atoms with Crippen LogP contribution in [0.2, 0.25) is 0 Å². The molecule has 112 valence electrons. The van der Waals surface area contributed by atoms with Gasteiger partial charge in [0, 0.05) is 17.9 Å². The maximum absolute atomic E-state index is 6.26. The average Bonchev–Trinajstić information content (AvgIpc) is 2.34. The van der Waals surface area contributed by atoms with Crippen molar-refractivity contribution in [2.45, 2.75) is 65.5 Å². The van der Waals surface area contributed by atoms with Crippen LogP contribution >= 0.6 is 0 Å². The van der Waals surface area contributed by atoms with E-state index in [1.54, 1.807) is 0 Å². The quantitative estimate of drug-likeness (QED) is 0.898. The molecule has 0 amide bonds. The fourth-order valence-electron chi connectivity index (χ4n) is 2.98. The summed E-state index contributed by atoms with van der Waals surface area (Å²) in [7, 11) is 2.03. The number of benzene rings is 1. The second-order valence-electron chi connectivity index (χ2n) is 7.74. The van der Waals surface area contributed by atoms with Crippen molar-refractivity contribution in [2.24, 2.45) is 5.41 Å². The fraction of sp³-hybridized carbons (Fsp3) is 0.667. The molecule has 2 rings (SSSR count). The lowest BCUT2D eigenvalue weighted by atomic mass is 9.64. The van der Waals surface area contributed by atoms with Gasteiger partial charge in [-0.3, -0.25) is 0 Å². The van der Waals surface area contributed by atoms with E-state index in [1.165, 1.54) is 11.1 Å². The van der Waals surface area contributed by atoms with Crippen molar-refractivity contribution in [2.75, 3.05) is 7.05 Å². The Bertz CT molecular complexity index is 485. The summed E-state index contributed by atoms with van der Waals surface area (Å²) in [4.78, 5) is 0. The van der Waals surface area contributed by atoms with Crippen molar-refractivity contribution in [1.82, 2.24) is 5.32 Å². The smallest absolute Gasteiger partial charge is 0.122 e. The summed E-state index contributed by atoms with van der Waals surface area (Å²) < 4.78 is 6.26. The first kappa shape index (κ1) is 15.4. The van der Waals surface area contributed by atoms with Crippen LogP contribution in [0.15, 0.2) is 18.2 Å². The van der Waals surface area contributed by atoms with Gasteiger partial charge in [0.2, 0.25) is 0 Å². The zero-order chi connectivity index (χ0) is 15.1. The van der Waals surface area contributed by atoms with Crippen LogP contribution in [0.25, 0.3) is 0 Å². The van der Waals surface area contributed by atoms with Crippen LogP contribution in [0.4, 0.5) is 0 Å². The summed E-state index contributed by atoms with van der Waals surface area (Å²) in [6.45, 7) is 13.4. The maximum Gasteiger partial charge on any atom is 0.122 e. The summed E-state index contributed by atoms with van der Waals surface area (Å²) in [5.41, 5.74) is 2.99. The van der Waals surface area contributed by atoms with Crippen LogP contribution < -0.4 is 10.1 Å². The van der Waals surface area contributed by atoms with Gasteiger partial charge in [-0.15, -0.1) is 0 Å². The predicted octanol–water partition coefficient (Wildman–Crippen LogP) is 4.06. The van der Waals surface area contributed by atoms with E-state index in [1.807, 2.05) is 7.05 Å². The van der Waals surface area contributed by atoms with Crippen molar-refractivity contribution >= 4 is 0 Å². The SMILES string of the molecule is CNC1CC(Oc2ccc(C(C)(C)C)cc2C)C1(C)C. The van der Waals surface area contributed by atoms with Crippen LogP contribution in [0.3, 0.4) is 0 Å². The molecule has 0 bridgehead atoms. The molecule has 0 aliphatic heterocycles. The van der Waals surface area contributed by atoms with Gasteiger partial charge < -0.3 is 10.1 Å². The molecular formula is C18H29NO. The number of rotatable bonds is 3. The highest BCUT2D eigenvalue weighted by molar-refractivity contribution is 5.39. The van der Waals surface area contributed by atoms with Crippen LogP contribution in [0, 0.1) is 12.3 Å². The van der Waals surface area contributed by atoms with Gasteiger partial charge in [-0.2, -0.15) is 0 Å². The van der Waals surface area contributed by atoms with Gasteiger partial charge in [0.15, 0.2) is 0 Å². The van der Waals surface area contributed by atoms with E-state index in [-0.39, 0.29) is 10.8 Å². The third-order valence-corrected chi connectivity index (χ3v) is 4.84. The zero-order valence-electron chi connectivity index (χ0n) is 14.0. The Labute approximate surface area is 123 Å². The number of hydrogen-bond donors (Lipinski definition) is 1. The van der Waals surface area contributed by atoms with Crippen LogP contribution in [0.5, 0.6) is 5.75 Å². The first-order chi connectivity index (χ1) is 9.16. The first-order valence-electron chi connectivity index (χ1n) is 7.61. The van der Waals surface area contributed by atoms with E-state index < -0.39 is 0 Å². The summed E-state index contributed by atoms with van der Waals surface area (Å²) >= 11 is 0. The number of hydrogen-bond acceptors (Lipinski definition) is 2. The van der Waals surface area contributed by atoms with Crippen molar-refractivity contribution in [1.29, 1.82) is 0 Å². The molecule has 1 aromatic rings. The van der Waals surface area contributed by atoms with Gasteiger partial charge in [-0.05, 0) is 36.6 Å². The molecule has 0 aromatic heterocycles. The molecule has 2 atom stereocenters. The largest absolute Gasteiger partial charge is 0.489 e. The highest BCUT2D eigenvalue weighted by Crippen LogP contribution is 2.43. The van der Waals surface area contributed by atoms with Gasteiger partial charge in [0.05, 0.1) is 0 Å². The van der Waals surface area contributed by atoms with Crippen LogP contribution in [-0.2, 0) is 5.41 Å². The minimum absolute atomic E-state index is 0.191. The Balaban J connectivity index is 2.12. The zero-order valence-corrected chi connectivity index (χ0v) is 14.0. The molecule has 1 saturated carbocycles. The number of nitrogens with one attached hydrogen (secondary N) is 1. The van der Waals surface area contributed by atoms with Crippen LogP contribution in [0.1, 0.15) is 52.2 Å². The molecule has 1 N–H and O–H groups in total.